The van der Waals surface area contributed by atoms with Gasteiger partial charge in [0.15, 0.2) is 5.13 Å². The molecule has 0 atom stereocenters. The van der Waals surface area contributed by atoms with Crippen molar-refractivity contribution in [2.24, 2.45) is 0 Å². The van der Waals surface area contributed by atoms with Gasteiger partial charge in [0.2, 0.25) is 5.91 Å². The van der Waals surface area contributed by atoms with Crippen LogP contribution in [0.15, 0.2) is 11.6 Å². The molecular weight excluding hydrogens is 192 g/mol. The molecule has 1 rings (SSSR count). The maximum Gasteiger partial charge on any atom is 0.323 e. The Hall–Kier alpha value is -1.43. The van der Waals surface area contributed by atoms with Crippen molar-refractivity contribution in [1.82, 2.24) is 4.98 Å². The summed E-state index contributed by atoms with van der Waals surface area (Å²) in [7, 11) is 0. The van der Waals surface area contributed by atoms with Crippen LogP contribution >= 0.6 is 11.3 Å². The van der Waals surface area contributed by atoms with Crippen molar-refractivity contribution in [2.75, 3.05) is 11.4 Å². The minimum absolute atomic E-state index is 0.322. The number of nitrogens with zero attached hydrogens (tertiary/aromatic N) is 2. The Kier molecular flexibility index (Phi) is 2.97. The van der Waals surface area contributed by atoms with E-state index in [0.717, 1.165) is 4.90 Å². The molecule has 0 saturated heterocycles. The smallest absolute Gasteiger partial charge is 0.323 e. The van der Waals surface area contributed by atoms with Gasteiger partial charge in [-0.25, -0.2) is 4.98 Å². The van der Waals surface area contributed by atoms with Crippen molar-refractivity contribution < 1.29 is 14.7 Å². The van der Waals surface area contributed by atoms with Crippen LogP contribution in [0.2, 0.25) is 0 Å². The Balaban J connectivity index is 2.81. The highest BCUT2D eigenvalue weighted by Crippen LogP contribution is 2.16. The lowest BCUT2D eigenvalue weighted by atomic mass is 10.5. The summed E-state index contributed by atoms with van der Waals surface area (Å²) in [5.74, 6) is -1.37. The van der Waals surface area contributed by atoms with Gasteiger partial charge in [0.1, 0.15) is 6.54 Å². The van der Waals surface area contributed by atoms with Crippen molar-refractivity contribution >= 4 is 28.3 Å². The number of carbonyl (C=O) groups is 2. The first-order chi connectivity index (χ1) is 6.11. The van der Waals surface area contributed by atoms with E-state index < -0.39 is 5.97 Å². The highest BCUT2D eigenvalue weighted by atomic mass is 32.1. The predicted molar refractivity (Wildman–Crippen MR) is 47.8 cm³/mol. The summed E-state index contributed by atoms with van der Waals surface area (Å²) in [6.07, 6.45) is 1.53. The first kappa shape index (κ1) is 9.66. The van der Waals surface area contributed by atoms with Gasteiger partial charge in [-0.2, -0.15) is 0 Å². The monoisotopic (exact) mass is 200 g/mol. The van der Waals surface area contributed by atoms with Gasteiger partial charge in [-0.3, -0.25) is 14.5 Å². The van der Waals surface area contributed by atoms with E-state index in [9.17, 15) is 9.59 Å². The van der Waals surface area contributed by atoms with Crippen molar-refractivity contribution in [3.8, 4) is 0 Å². The van der Waals surface area contributed by atoms with Gasteiger partial charge in [-0.1, -0.05) is 0 Å². The summed E-state index contributed by atoms with van der Waals surface area (Å²) < 4.78 is 0. The van der Waals surface area contributed by atoms with Crippen LogP contribution in [0.25, 0.3) is 0 Å². The number of carboxylic acids is 1. The quantitative estimate of drug-likeness (QED) is 0.774. The van der Waals surface area contributed by atoms with Crippen LogP contribution in [0.1, 0.15) is 6.92 Å². The fraction of sp³-hybridized carbons (Fsp3) is 0.286. The van der Waals surface area contributed by atoms with Crippen LogP contribution < -0.4 is 4.90 Å². The number of carboxylic acid groups (broad SMARTS) is 1. The lowest BCUT2D eigenvalue weighted by Crippen LogP contribution is -2.33. The third kappa shape index (κ3) is 2.51. The molecule has 0 saturated carbocycles. The van der Waals surface area contributed by atoms with Crippen molar-refractivity contribution in [3.05, 3.63) is 11.6 Å². The molecule has 0 bridgehead atoms. The van der Waals surface area contributed by atoms with E-state index in [1.54, 1.807) is 5.38 Å². The molecule has 70 valence electrons. The Morgan fingerprint density at radius 1 is 1.69 bits per heavy atom. The molecule has 1 N–H and O–H groups in total. The highest BCUT2D eigenvalue weighted by Gasteiger charge is 2.16. The van der Waals surface area contributed by atoms with E-state index in [1.807, 2.05) is 0 Å². The van der Waals surface area contributed by atoms with Crippen LogP contribution in [0.5, 0.6) is 0 Å². The normalized spacial score (nSPS) is 9.62. The summed E-state index contributed by atoms with van der Waals surface area (Å²) in [6, 6.07) is 0. The fourth-order valence-electron chi connectivity index (χ4n) is 0.798. The lowest BCUT2D eigenvalue weighted by molar-refractivity contribution is -0.136. The molecule has 0 unspecified atom stereocenters. The molecule has 0 aliphatic carbocycles. The summed E-state index contributed by atoms with van der Waals surface area (Å²) >= 11 is 1.23. The van der Waals surface area contributed by atoms with Gasteiger partial charge >= 0.3 is 5.97 Å². The molecule has 6 heteroatoms. The zero-order chi connectivity index (χ0) is 9.84. The highest BCUT2D eigenvalue weighted by molar-refractivity contribution is 7.13. The third-order valence-corrected chi connectivity index (χ3v) is 2.12. The third-order valence-electron chi connectivity index (χ3n) is 1.32. The second kappa shape index (κ2) is 3.99. The fourth-order valence-corrected chi connectivity index (χ4v) is 1.48. The van der Waals surface area contributed by atoms with E-state index in [1.165, 1.54) is 24.5 Å². The van der Waals surface area contributed by atoms with E-state index in [0.29, 0.717) is 5.13 Å². The molecule has 0 aliphatic heterocycles. The zero-order valence-electron chi connectivity index (χ0n) is 6.93. The Morgan fingerprint density at radius 2 is 2.38 bits per heavy atom. The molecular formula is C7H8N2O3S. The average molecular weight is 200 g/mol. The SMILES string of the molecule is CC(=O)N(CC(=O)O)c1nccs1. The summed E-state index contributed by atoms with van der Waals surface area (Å²) in [4.78, 5) is 26.4. The minimum atomic E-state index is -1.05. The molecule has 0 fully saturated rings. The number of anilines is 1. The van der Waals surface area contributed by atoms with Crippen molar-refractivity contribution in [1.29, 1.82) is 0 Å². The average Bonchev–Trinajstić information content (AvgIpc) is 2.50. The Bertz CT molecular complexity index is 310. The Morgan fingerprint density at radius 3 is 2.77 bits per heavy atom. The predicted octanol–water partition coefficient (Wildman–Crippen LogP) is 0.581. The number of aromatic nitrogens is 1. The lowest BCUT2D eigenvalue weighted by Gasteiger charge is -2.14. The number of amides is 1. The molecule has 5 nitrogen and oxygen atoms in total. The van der Waals surface area contributed by atoms with Crippen LogP contribution in [0, 0.1) is 0 Å². The number of aliphatic carboxylic acids is 1. The Labute approximate surface area is 78.6 Å². The zero-order valence-corrected chi connectivity index (χ0v) is 7.74. The molecule has 0 radical (unpaired) electrons. The van der Waals surface area contributed by atoms with Crippen LogP contribution in [-0.4, -0.2) is 28.5 Å². The van der Waals surface area contributed by atoms with Gasteiger partial charge in [0, 0.05) is 18.5 Å². The second-order valence-corrected chi connectivity index (χ2v) is 3.19. The maximum atomic E-state index is 11.0. The maximum absolute atomic E-state index is 11.0. The van der Waals surface area contributed by atoms with Gasteiger partial charge in [-0.15, -0.1) is 11.3 Å². The number of hydrogen-bond donors (Lipinski definition) is 1. The van der Waals surface area contributed by atoms with E-state index >= 15 is 0 Å². The molecule has 1 aromatic heterocycles. The van der Waals surface area contributed by atoms with Crippen LogP contribution in [0.4, 0.5) is 5.13 Å². The summed E-state index contributed by atoms with van der Waals surface area (Å²) in [5.41, 5.74) is 0. The van der Waals surface area contributed by atoms with Crippen molar-refractivity contribution in [2.45, 2.75) is 6.92 Å². The molecule has 0 spiro atoms. The standard InChI is InChI=1S/C7H8N2O3S/c1-5(10)9(4-6(11)12)7-8-2-3-13-7/h2-3H,4H2,1H3,(H,11,12). The van der Waals surface area contributed by atoms with Gasteiger partial charge in [-0.05, 0) is 0 Å². The number of rotatable bonds is 3. The minimum Gasteiger partial charge on any atom is -0.480 e. The molecule has 1 heterocycles. The summed E-state index contributed by atoms with van der Waals surface area (Å²) in [6.45, 7) is 0.965. The summed E-state index contributed by atoms with van der Waals surface area (Å²) in [5, 5.41) is 10.6. The van der Waals surface area contributed by atoms with E-state index in [2.05, 4.69) is 4.98 Å². The van der Waals surface area contributed by atoms with Gasteiger partial charge in [0.25, 0.3) is 0 Å². The molecule has 1 amide bonds. The van der Waals surface area contributed by atoms with E-state index in [-0.39, 0.29) is 12.5 Å². The molecule has 0 aliphatic rings. The van der Waals surface area contributed by atoms with Gasteiger partial charge in [0.05, 0.1) is 0 Å². The number of thiazole rings is 1. The first-order valence-electron chi connectivity index (χ1n) is 3.50. The number of hydrogen-bond acceptors (Lipinski definition) is 4. The van der Waals surface area contributed by atoms with Crippen LogP contribution in [-0.2, 0) is 9.59 Å². The van der Waals surface area contributed by atoms with Crippen molar-refractivity contribution in [3.63, 3.8) is 0 Å². The molecule has 13 heavy (non-hydrogen) atoms. The molecule has 1 aromatic rings. The number of carbonyl (C=O) groups excluding carboxylic acids is 1. The van der Waals surface area contributed by atoms with E-state index in [4.69, 9.17) is 5.11 Å². The molecule has 0 aromatic carbocycles. The van der Waals surface area contributed by atoms with Gasteiger partial charge < -0.3 is 5.11 Å². The van der Waals surface area contributed by atoms with Crippen LogP contribution in [0.3, 0.4) is 0 Å². The largest absolute Gasteiger partial charge is 0.480 e. The topological polar surface area (TPSA) is 70.5 Å². The first-order valence-corrected chi connectivity index (χ1v) is 4.38. The second-order valence-electron chi connectivity index (χ2n) is 2.31.